The molecule has 0 amide bonds. The number of benzene rings is 1. The van der Waals surface area contributed by atoms with Gasteiger partial charge in [0, 0.05) is 29.7 Å². The first-order valence-electron chi connectivity index (χ1n) is 7.22. The van der Waals surface area contributed by atoms with Crippen LogP contribution in [0.1, 0.15) is 36.2 Å². The number of rotatable bonds is 4. The molecule has 0 spiro atoms. The maximum atomic E-state index is 3.65. The van der Waals surface area contributed by atoms with E-state index in [2.05, 4.69) is 60.1 Å². The van der Waals surface area contributed by atoms with E-state index in [1.54, 1.807) is 0 Å². The topological polar surface area (TPSA) is 17.0 Å². The predicted octanol–water partition coefficient (Wildman–Crippen LogP) is 3.74. The van der Waals surface area contributed by atoms with Crippen LogP contribution in [-0.2, 0) is 6.54 Å². The Labute approximate surface area is 115 Å². The summed E-state index contributed by atoms with van der Waals surface area (Å²) in [5, 5.41) is 3.65. The summed E-state index contributed by atoms with van der Waals surface area (Å²) in [5.41, 5.74) is 5.35. The maximum Gasteiger partial charge on any atom is 0.0455 e. The van der Waals surface area contributed by atoms with Gasteiger partial charge in [-0.05, 0) is 50.5 Å². The lowest BCUT2D eigenvalue weighted by atomic mass is 9.93. The van der Waals surface area contributed by atoms with Gasteiger partial charge < -0.3 is 9.88 Å². The van der Waals surface area contributed by atoms with Gasteiger partial charge in [-0.2, -0.15) is 0 Å². The highest BCUT2D eigenvalue weighted by atomic mass is 15.0. The fraction of sp³-hybridized carbons (Fsp3) is 0.412. The van der Waals surface area contributed by atoms with Crippen molar-refractivity contribution in [1.82, 2.24) is 9.88 Å². The zero-order valence-electron chi connectivity index (χ0n) is 11.8. The minimum absolute atomic E-state index is 0.750. The zero-order chi connectivity index (χ0) is 13.2. The second-order valence-electron chi connectivity index (χ2n) is 5.58. The summed E-state index contributed by atoms with van der Waals surface area (Å²) >= 11 is 0. The molecule has 2 aromatic rings. The first kappa shape index (κ1) is 12.5. The number of hydrogen-bond donors (Lipinski definition) is 1. The van der Waals surface area contributed by atoms with Gasteiger partial charge in [-0.1, -0.05) is 24.6 Å². The summed E-state index contributed by atoms with van der Waals surface area (Å²) in [6.45, 7) is 5.40. The molecule has 2 nitrogen and oxygen atoms in total. The lowest BCUT2D eigenvalue weighted by Crippen LogP contribution is -2.34. The molecule has 1 fully saturated rings. The molecule has 1 N–H and O–H groups in total. The molecule has 2 heteroatoms. The van der Waals surface area contributed by atoms with Gasteiger partial charge in [0.15, 0.2) is 0 Å². The number of nitrogens with zero attached hydrogens (tertiary/aromatic N) is 1. The second-order valence-corrected chi connectivity index (χ2v) is 5.58. The highest BCUT2D eigenvalue weighted by molar-refractivity contribution is 5.40. The van der Waals surface area contributed by atoms with Gasteiger partial charge >= 0.3 is 0 Å². The van der Waals surface area contributed by atoms with Crippen LogP contribution in [0.4, 0.5) is 0 Å². The quantitative estimate of drug-likeness (QED) is 0.879. The van der Waals surface area contributed by atoms with Crippen LogP contribution in [0.15, 0.2) is 36.4 Å². The van der Waals surface area contributed by atoms with Crippen LogP contribution in [0.3, 0.4) is 0 Å². The van der Waals surface area contributed by atoms with Gasteiger partial charge in [-0.3, -0.25) is 0 Å². The Bertz CT molecular complexity index is 550. The molecule has 1 aromatic carbocycles. The van der Waals surface area contributed by atoms with Crippen LogP contribution >= 0.6 is 0 Å². The van der Waals surface area contributed by atoms with Gasteiger partial charge in [0.1, 0.15) is 0 Å². The minimum Gasteiger partial charge on any atom is -0.318 e. The highest BCUT2D eigenvalue weighted by Crippen LogP contribution is 2.22. The molecule has 0 saturated heterocycles. The summed E-state index contributed by atoms with van der Waals surface area (Å²) in [4.78, 5) is 0. The average Bonchev–Trinajstić information content (AvgIpc) is 2.64. The SMILES string of the molecule is Cc1cc(CNC2CCC2)c(C)n1-c1ccccc1. The van der Waals surface area contributed by atoms with E-state index in [0.29, 0.717) is 0 Å². The normalized spacial score (nSPS) is 15.5. The largest absolute Gasteiger partial charge is 0.318 e. The molecule has 0 unspecified atom stereocenters. The van der Waals surface area contributed by atoms with Crippen molar-refractivity contribution < 1.29 is 0 Å². The molecule has 1 aliphatic rings. The van der Waals surface area contributed by atoms with E-state index >= 15 is 0 Å². The predicted molar refractivity (Wildman–Crippen MR) is 79.7 cm³/mol. The number of para-hydroxylation sites is 1. The molecular weight excluding hydrogens is 232 g/mol. The van der Waals surface area contributed by atoms with E-state index in [4.69, 9.17) is 0 Å². The van der Waals surface area contributed by atoms with E-state index in [1.165, 1.54) is 41.9 Å². The van der Waals surface area contributed by atoms with Crippen molar-refractivity contribution in [3.63, 3.8) is 0 Å². The summed E-state index contributed by atoms with van der Waals surface area (Å²) in [5.74, 6) is 0. The van der Waals surface area contributed by atoms with Gasteiger partial charge in [0.25, 0.3) is 0 Å². The van der Waals surface area contributed by atoms with Crippen molar-refractivity contribution in [2.24, 2.45) is 0 Å². The molecular formula is C17H22N2. The van der Waals surface area contributed by atoms with Gasteiger partial charge in [-0.25, -0.2) is 0 Å². The standard InChI is InChI=1S/C17H22N2/c1-13-11-15(12-18-16-7-6-8-16)14(2)19(13)17-9-4-3-5-10-17/h3-5,9-11,16,18H,6-8,12H2,1-2H3. The Hall–Kier alpha value is -1.54. The number of hydrogen-bond acceptors (Lipinski definition) is 1. The van der Waals surface area contributed by atoms with Crippen LogP contribution in [0.25, 0.3) is 5.69 Å². The molecule has 0 aliphatic heterocycles. The highest BCUT2D eigenvalue weighted by Gasteiger charge is 2.17. The second kappa shape index (κ2) is 5.22. The van der Waals surface area contributed by atoms with Crippen molar-refractivity contribution in [3.8, 4) is 5.69 Å². The average molecular weight is 254 g/mol. The van der Waals surface area contributed by atoms with E-state index in [-0.39, 0.29) is 0 Å². The molecule has 3 rings (SSSR count). The minimum atomic E-state index is 0.750. The van der Waals surface area contributed by atoms with Crippen molar-refractivity contribution in [3.05, 3.63) is 53.3 Å². The zero-order valence-corrected chi connectivity index (χ0v) is 11.8. The van der Waals surface area contributed by atoms with Crippen LogP contribution < -0.4 is 5.32 Å². The van der Waals surface area contributed by atoms with E-state index in [9.17, 15) is 0 Å². The van der Waals surface area contributed by atoms with E-state index < -0.39 is 0 Å². The Kier molecular flexibility index (Phi) is 3.43. The number of aromatic nitrogens is 1. The lowest BCUT2D eigenvalue weighted by molar-refractivity contribution is 0.338. The maximum absolute atomic E-state index is 3.65. The van der Waals surface area contributed by atoms with Crippen LogP contribution in [-0.4, -0.2) is 10.6 Å². The fourth-order valence-electron chi connectivity index (χ4n) is 2.85. The molecule has 0 bridgehead atoms. The first-order valence-corrected chi connectivity index (χ1v) is 7.22. The summed E-state index contributed by atoms with van der Waals surface area (Å²) in [7, 11) is 0. The summed E-state index contributed by atoms with van der Waals surface area (Å²) < 4.78 is 2.35. The van der Waals surface area contributed by atoms with Crippen LogP contribution in [0.5, 0.6) is 0 Å². The molecule has 100 valence electrons. The molecule has 0 radical (unpaired) electrons. The van der Waals surface area contributed by atoms with E-state index in [1.807, 2.05) is 0 Å². The third kappa shape index (κ3) is 2.45. The first-order chi connectivity index (χ1) is 9.25. The molecule has 1 heterocycles. The molecule has 1 saturated carbocycles. The van der Waals surface area contributed by atoms with Crippen molar-refractivity contribution >= 4 is 0 Å². The monoisotopic (exact) mass is 254 g/mol. The van der Waals surface area contributed by atoms with Gasteiger partial charge in [0.2, 0.25) is 0 Å². The Morgan fingerprint density at radius 3 is 2.53 bits per heavy atom. The Morgan fingerprint density at radius 2 is 1.89 bits per heavy atom. The fourth-order valence-corrected chi connectivity index (χ4v) is 2.85. The Morgan fingerprint density at radius 1 is 1.16 bits per heavy atom. The third-order valence-electron chi connectivity index (χ3n) is 4.24. The molecule has 1 aromatic heterocycles. The van der Waals surface area contributed by atoms with Crippen LogP contribution in [0, 0.1) is 13.8 Å². The molecule has 1 aliphatic carbocycles. The van der Waals surface area contributed by atoms with Gasteiger partial charge in [0.05, 0.1) is 0 Å². The number of nitrogens with one attached hydrogen (secondary N) is 1. The number of aryl methyl sites for hydroxylation is 1. The smallest absolute Gasteiger partial charge is 0.0455 e. The summed E-state index contributed by atoms with van der Waals surface area (Å²) in [6.07, 6.45) is 4.08. The molecule has 19 heavy (non-hydrogen) atoms. The van der Waals surface area contributed by atoms with E-state index in [0.717, 1.165) is 12.6 Å². The van der Waals surface area contributed by atoms with Crippen molar-refractivity contribution in [2.75, 3.05) is 0 Å². The third-order valence-corrected chi connectivity index (χ3v) is 4.24. The molecule has 0 atom stereocenters. The van der Waals surface area contributed by atoms with Crippen molar-refractivity contribution in [1.29, 1.82) is 0 Å². The van der Waals surface area contributed by atoms with Crippen LogP contribution in [0.2, 0.25) is 0 Å². The summed E-state index contributed by atoms with van der Waals surface area (Å²) in [6, 6.07) is 13.7. The van der Waals surface area contributed by atoms with Gasteiger partial charge in [-0.15, -0.1) is 0 Å². The van der Waals surface area contributed by atoms with Crippen molar-refractivity contribution in [2.45, 2.75) is 45.7 Å². The lowest BCUT2D eigenvalue weighted by Gasteiger charge is -2.26. The Balaban J connectivity index is 1.83.